The molecule has 0 fully saturated rings. The summed E-state index contributed by atoms with van der Waals surface area (Å²) in [7, 11) is 0. The van der Waals surface area contributed by atoms with Gasteiger partial charge in [-0.3, -0.25) is 14.2 Å². The molecule has 0 saturated carbocycles. The van der Waals surface area contributed by atoms with Gasteiger partial charge in [-0.2, -0.15) is 8.78 Å². The van der Waals surface area contributed by atoms with Gasteiger partial charge in [-0.15, -0.1) is 11.3 Å². The minimum atomic E-state index is -2.61. The van der Waals surface area contributed by atoms with Crippen LogP contribution in [-0.4, -0.2) is 21.2 Å². The van der Waals surface area contributed by atoms with Crippen molar-refractivity contribution in [2.75, 3.05) is 5.32 Å². The van der Waals surface area contributed by atoms with Gasteiger partial charge in [0.1, 0.15) is 11.4 Å². The number of hydrogen-bond acceptors (Lipinski definition) is 5. The molecule has 0 aliphatic rings. The highest BCUT2D eigenvalue weighted by molar-refractivity contribution is 7.99. The maximum atomic E-state index is 13.1. The molecule has 5 nitrogen and oxygen atoms in total. The third kappa shape index (κ3) is 4.79. The number of carbonyl (C=O) groups excluding carboxylic acids is 1. The number of amides is 1. The molecule has 0 spiro atoms. The number of hydrogen-bond donors (Lipinski definition) is 1. The summed E-state index contributed by atoms with van der Waals surface area (Å²) < 4.78 is 26.7. The topological polar surface area (TPSA) is 64.0 Å². The van der Waals surface area contributed by atoms with Crippen LogP contribution in [0.2, 0.25) is 5.02 Å². The number of nitrogens with zero attached hydrogens (tertiary/aromatic N) is 2. The van der Waals surface area contributed by atoms with E-state index in [0.717, 1.165) is 5.56 Å². The quantitative estimate of drug-likeness (QED) is 0.360. The highest BCUT2D eigenvalue weighted by Crippen LogP contribution is 2.32. The highest BCUT2D eigenvalue weighted by atomic mass is 35.5. The van der Waals surface area contributed by atoms with Gasteiger partial charge in [0.2, 0.25) is 5.91 Å². The van der Waals surface area contributed by atoms with E-state index in [0.29, 0.717) is 32.6 Å². The van der Waals surface area contributed by atoms with Gasteiger partial charge in [-0.05, 0) is 29.8 Å². The zero-order valence-electron chi connectivity index (χ0n) is 15.7. The van der Waals surface area contributed by atoms with Crippen molar-refractivity contribution in [2.24, 2.45) is 0 Å². The molecule has 10 heteroatoms. The molecule has 2 aromatic carbocycles. The number of anilines is 1. The summed E-state index contributed by atoms with van der Waals surface area (Å²) in [5.74, 6) is -3.13. The SMILES string of the molecule is O=C(Cn1cnc2scc(-c3ccc(Cl)cc3)c2c1=O)Nc1ccccc1SC(F)F. The Morgan fingerprint density at radius 1 is 1.19 bits per heavy atom. The van der Waals surface area contributed by atoms with Gasteiger partial charge in [-0.1, -0.05) is 47.6 Å². The molecule has 0 saturated heterocycles. The van der Waals surface area contributed by atoms with Crippen LogP contribution in [-0.2, 0) is 11.3 Å². The van der Waals surface area contributed by atoms with Crippen LogP contribution in [0.25, 0.3) is 21.3 Å². The number of aromatic nitrogens is 2. The lowest BCUT2D eigenvalue weighted by Gasteiger charge is -2.11. The van der Waals surface area contributed by atoms with Crippen LogP contribution in [0.3, 0.4) is 0 Å². The molecule has 0 unspecified atom stereocenters. The molecular formula is C21H14ClF2N3O2S2. The summed E-state index contributed by atoms with van der Waals surface area (Å²) >= 11 is 7.62. The molecule has 1 N–H and O–H groups in total. The smallest absolute Gasteiger partial charge is 0.288 e. The van der Waals surface area contributed by atoms with Gasteiger partial charge in [-0.25, -0.2) is 4.98 Å². The molecule has 158 valence electrons. The Morgan fingerprint density at radius 2 is 1.94 bits per heavy atom. The van der Waals surface area contributed by atoms with Gasteiger partial charge in [0.05, 0.1) is 17.4 Å². The Morgan fingerprint density at radius 3 is 2.68 bits per heavy atom. The summed E-state index contributed by atoms with van der Waals surface area (Å²) in [5.41, 5.74) is 1.43. The molecule has 1 amide bonds. The molecule has 0 bridgehead atoms. The number of alkyl halides is 2. The van der Waals surface area contributed by atoms with E-state index in [4.69, 9.17) is 11.6 Å². The number of fused-ring (bicyclic) bond motifs is 1. The largest absolute Gasteiger partial charge is 0.324 e. The Balaban J connectivity index is 1.62. The average Bonchev–Trinajstić information content (AvgIpc) is 3.17. The number of thiophene rings is 1. The van der Waals surface area contributed by atoms with Crippen molar-refractivity contribution < 1.29 is 13.6 Å². The van der Waals surface area contributed by atoms with Crippen LogP contribution in [0.5, 0.6) is 0 Å². The summed E-state index contributed by atoms with van der Waals surface area (Å²) in [5, 5.41) is 5.43. The van der Waals surface area contributed by atoms with Crippen molar-refractivity contribution in [1.29, 1.82) is 0 Å². The zero-order chi connectivity index (χ0) is 22.0. The van der Waals surface area contributed by atoms with Gasteiger partial charge >= 0.3 is 0 Å². The first-order valence-corrected chi connectivity index (χ1v) is 11.1. The fraction of sp³-hybridized carbons (Fsp3) is 0.0952. The summed E-state index contributed by atoms with van der Waals surface area (Å²) in [6.45, 7) is -0.300. The van der Waals surface area contributed by atoms with Crippen LogP contribution in [0, 0.1) is 0 Å². The highest BCUT2D eigenvalue weighted by Gasteiger charge is 2.16. The maximum Gasteiger partial charge on any atom is 0.288 e. The third-order valence-electron chi connectivity index (χ3n) is 4.41. The Bertz CT molecular complexity index is 1310. The molecule has 4 aromatic rings. The Labute approximate surface area is 188 Å². The van der Waals surface area contributed by atoms with E-state index >= 15 is 0 Å². The molecule has 4 rings (SSSR count). The van der Waals surface area contributed by atoms with Crippen molar-refractivity contribution >= 4 is 56.5 Å². The van der Waals surface area contributed by atoms with Crippen LogP contribution in [0.15, 0.2) is 69.9 Å². The van der Waals surface area contributed by atoms with Crippen LogP contribution >= 0.6 is 34.7 Å². The van der Waals surface area contributed by atoms with Crippen LogP contribution in [0.4, 0.5) is 14.5 Å². The first-order valence-electron chi connectivity index (χ1n) is 8.98. The summed E-state index contributed by atoms with van der Waals surface area (Å²) in [6, 6.07) is 13.4. The second kappa shape index (κ2) is 9.17. The van der Waals surface area contributed by atoms with Crippen molar-refractivity contribution in [3.05, 3.63) is 75.6 Å². The van der Waals surface area contributed by atoms with E-state index in [1.807, 2.05) is 17.5 Å². The minimum absolute atomic E-state index is 0.245. The third-order valence-corrected chi connectivity index (χ3v) is 6.33. The molecular weight excluding hydrogens is 464 g/mol. The maximum absolute atomic E-state index is 13.1. The number of benzene rings is 2. The standard InChI is InChI=1S/C21H14ClF2N3O2S2/c22-13-7-5-12(6-8-13)14-10-30-19-18(14)20(29)27(11-25-19)9-17(28)26-15-3-1-2-4-16(15)31-21(23)24/h1-8,10-11,21H,9H2,(H,26,28). The Hall–Kier alpha value is -2.75. The zero-order valence-corrected chi connectivity index (χ0v) is 18.1. The van der Waals surface area contributed by atoms with E-state index in [1.165, 1.54) is 34.4 Å². The van der Waals surface area contributed by atoms with E-state index in [-0.39, 0.29) is 22.7 Å². The lowest BCUT2D eigenvalue weighted by molar-refractivity contribution is -0.116. The van der Waals surface area contributed by atoms with Gasteiger partial charge in [0.15, 0.2) is 0 Å². The first kappa shape index (κ1) is 21.5. The fourth-order valence-electron chi connectivity index (χ4n) is 3.04. The lowest BCUT2D eigenvalue weighted by atomic mass is 10.1. The molecule has 0 atom stereocenters. The molecule has 0 aliphatic carbocycles. The van der Waals surface area contributed by atoms with Crippen LogP contribution < -0.4 is 10.9 Å². The molecule has 0 aliphatic heterocycles. The monoisotopic (exact) mass is 477 g/mol. The first-order chi connectivity index (χ1) is 14.9. The van der Waals surface area contributed by atoms with Gasteiger partial charge in [0.25, 0.3) is 11.3 Å². The van der Waals surface area contributed by atoms with E-state index < -0.39 is 11.7 Å². The number of para-hydroxylation sites is 1. The fourth-order valence-corrected chi connectivity index (χ4v) is 4.66. The van der Waals surface area contributed by atoms with Gasteiger partial charge in [0, 0.05) is 20.9 Å². The van der Waals surface area contributed by atoms with Crippen LogP contribution in [0.1, 0.15) is 0 Å². The predicted molar refractivity (Wildman–Crippen MR) is 121 cm³/mol. The average molecular weight is 478 g/mol. The van der Waals surface area contributed by atoms with E-state index in [9.17, 15) is 18.4 Å². The number of thioether (sulfide) groups is 1. The number of rotatable bonds is 6. The second-order valence-corrected chi connectivity index (χ2v) is 8.76. The van der Waals surface area contributed by atoms with Crippen molar-refractivity contribution in [2.45, 2.75) is 17.2 Å². The van der Waals surface area contributed by atoms with Crippen molar-refractivity contribution in [1.82, 2.24) is 9.55 Å². The molecule has 2 aromatic heterocycles. The summed E-state index contributed by atoms with van der Waals surface area (Å²) in [6.07, 6.45) is 1.31. The second-order valence-electron chi connectivity index (χ2n) is 6.44. The van der Waals surface area contributed by atoms with E-state index in [1.54, 1.807) is 24.3 Å². The van der Waals surface area contributed by atoms with Crippen molar-refractivity contribution in [3.63, 3.8) is 0 Å². The Kier molecular flexibility index (Phi) is 6.35. The molecule has 2 heterocycles. The number of carbonyl (C=O) groups is 1. The van der Waals surface area contributed by atoms with Gasteiger partial charge < -0.3 is 5.32 Å². The predicted octanol–water partition coefficient (Wildman–Crippen LogP) is 5.73. The number of nitrogens with one attached hydrogen (secondary N) is 1. The summed E-state index contributed by atoms with van der Waals surface area (Å²) in [4.78, 5) is 30.7. The van der Waals surface area contributed by atoms with Crippen molar-refractivity contribution in [3.8, 4) is 11.1 Å². The number of halogens is 3. The lowest BCUT2D eigenvalue weighted by Crippen LogP contribution is -2.28. The normalized spacial score (nSPS) is 11.2. The molecule has 31 heavy (non-hydrogen) atoms. The molecule has 0 radical (unpaired) electrons. The minimum Gasteiger partial charge on any atom is -0.324 e. The van der Waals surface area contributed by atoms with E-state index in [2.05, 4.69) is 10.3 Å².